The van der Waals surface area contributed by atoms with Crippen LogP contribution in [0, 0.1) is 5.92 Å². The highest BCUT2D eigenvalue weighted by atomic mass is 16.5. The summed E-state index contributed by atoms with van der Waals surface area (Å²) in [6.45, 7) is 8.29. The van der Waals surface area contributed by atoms with Gasteiger partial charge >= 0.3 is 11.9 Å². The Kier molecular flexibility index (Phi) is 12.1. The zero-order valence-electron chi connectivity index (χ0n) is 16.5. The number of hydrogen-bond acceptors (Lipinski definition) is 5. The van der Waals surface area contributed by atoms with Crippen molar-refractivity contribution in [3.8, 4) is 0 Å². The number of carbonyl (C=O) groups is 2. The van der Waals surface area contributed by atoms with Crippen molar-refractivity contribution < 1.29 is 19.4 Å². The standard InChI is InChI=1S/C11H20O2.C9H14N2O2/c1-4-11(12)13-9-7-5-6-8-10(2)3;1-10-7-3-5-9(11-2,6-4-7)8(12)13/h4,10H,1,5-9H2,2-3H3;3-5,10-11H,6H2,1-2H3,(H,12,13). The first-order chi connectivity index (χ1) is 12.3. The SMILES string of the molecule is C=CC(=O)OCCCCCC(C)C.CNC1=CCC(NC)(C(=O)O)C=C1. The lowest BCUT2D eigenvalue weighted by atomic mass is 9.90. The average molecular weight is 367 g/mol. The van der Waals surface area contributed by atoms with Gasteiger partial charge in [-0.25, -0.2) is 9.59 Å². The van der Waals surface area contributed by atoms with Crippen molar-refractivity contribution in [3.63, 3.8) is 0 Å². The van der Waals surface area contributed by atoms with Gasteiger partial charge in [-0.05, 0) is 25.5 Å². The predicted molar refractivity (Wildman–Crippen MR) is 105 cm³/mol. The normalized spacial score (nSPS) is 18.4. The molecule has 0 heterocycles. The number of rotatable bonds is 10. The molecule has 1 aliphatic carbocycles. The quantitative estimate of drug-likeness (QED) is 0.313. The molecule has 6 nitrogen and oxygen atoms in total. The van der Waals surface area contributed by atoms with E-state index in [-0.39, 0.29) is 5.97 Å². The summed E-state index contributed by atoms with van der Waals surface area (Å²) in [6.07, 6.45) is 11.6. The first kappa shape index (κ1) is 23.9. The Labute approximate surface area is 157 Å². The van der Waals surface area contributed by atoms with Crippen molar-refractivity contribution >= 4 is 11.9 Å². The lowest BCUT2D eigenvalue weighted by molar-refractivity contribution is -0.142. The fraction of sp³-hybridized carbons (Fsp3) is 0.600. The molecule has 1 atom stereocenters. The second-order valence-corrected chi connectivity index (χ2v) is 6.59. The predicted octanol–water partition coefficient (Wildman–Crippen LogP) is 3.02. The largest absolute Gasteiger partial charge is 0.480 e. The maximum Gasteiger partial charge on any atom is 0.330 e. The van der Waals surface area contributed by atoms with E-state index in [0.717, 1.165) is 24.5 Å². The highest BCUT2D eigenvalue weighted by molar-refractivity contribution is 5.82. The first-order valence-electron chi connectivity index (χ1n) is 9.10. The van der Waals surface area contributed by atoms with E-state index in [2.05, 4.69) is 31.1 Å². The van der Waals surface area contributed by atoms with Gasteiger partial charge in [-0.2, -0.15) is 0 Å². The van der Waals surface area contributed by atoms with Crippen LogP contribution in [0.4, 0.5) is 0 Å². The molecule has 0 spiro atoms. The Morgan fingerprint density at radius 1 is 1.35 bits per heavy atom. The minimum Gasteiger partial charge on any atom is -0.480 e. The van der Waals surface area contributed by atoms with E-state index in [0.29, 0.717) is 13.0 Å². The summed E-state index contributed by atoms with van der Waals surface area (Å²) in [6, 6.07) is 0. The smallest absolute Gasteiger partial charge is 0.330 e. The molecule has 0 aliphatic heterocycles. The molecule has 1 rings (SSSR count). The molecule has 0 aromatic carbocycles. The zero-order chi connectivity index (χ0) is 20.0. The van der Waals surface area contributed by atoms with Crippen LogP contribution in [0.2, 0.25) is 0 Å². The number of unbranched alkanes of at least 4 members (excludes halogenated alkanes) is 2. The lowest BCUT2D eigenvalue weighted by Gasteiger charge is -2.27. The number of aliphatic carboxylic acids is 1. The van der Waals surface area contributed by atoms with Crippen molar-refractivity contribution in [2.24, 2.45) is 5.92 Å². The molecule has 148 valence electrons. The molecule has 6 heteroatoms. The fourth-order valence-corrected chi connectivity index (χ4v) is 2.34. The number of nitrogens with one attached hydrogen (secondary N) is 2. The Bertz CT molecular complexity index is 512. The zero-order valence-corrected chi connectivity index (χ0v) is 16.5. The van der Waals surface area contributed by atoms with E-state index in [9.17, 15) is 9.59 Å². The second-order valence-electron chi connectivity index (χ2n) is 6.59. The van der Waals surface area contributed by atoms with Gasteiger partial charge in [0.25, 0.3) is 0 Å². The number of carbonyl (C=O) groups excluding carboxylic acids is 1. The van der Waals surface area contributed by atoms with Gasteiger partial charge in [0.05, 0.1) is 6.61 Å². The summed E-state index contributed by atoms with van der Waals surface area (Å²) in [4.78, 5) is 21.6. The molecular formula is C20H34N2O4. The van der Waals surface area contributed by atoms with E-state index in [1.54, 1.807) is 19.2 Å². The molecule has 0 bridgehead atoms. The monoisotopic (exact) mass is 366 g/mol. The van der Waals surface area contributed by atoms with Crippen LogP contribution < -0.4 is 10.6 Å². The van der Waals surface area contributed by atoms with Gasteiger partial charge in [0.2, 0.25) is 0 Å². The van der Waals surface area contributed by atoms with Crippen LogP contribution in [-0.2, 0) is 14.3 Å². The van der Waals surface area contributed by atoms with E-state index >= 15 is 0 Å². The van der Waals surface area contributed by atoms with Gasteiger partial charge in [0.1, 0.15) is 5.54 Å². The summed E-state index contributed by atoms with van der Waals surface area (Å²) < 4.78 is 4.84. The maximum atomic E-state index is 10.9. The number of ether oxygens (including phenoxy) is 1. The van der Waals surface area contributed by atoms with E-state index in [4.69, 9.17) is 9.84 Å². The molecule has 0 saturated carbocycles. The Hall–Kier alpha value is -2.08. The van der Waals surface area contributed by atoms with Crippen LogP contribution in [0.15, 0.2) is 36.6 Å². The third-order valence-electron chi connectivity index (χ3n) is 4.14. The number of esters is 1. The molecule has 1 aliphatic rings. The summed E-state index contributed by atoms with van der Waals surface area (Å²) in [5, 5.41) is 14.7. The topological polar surface area (TPSA) is 87.7 Å². The summed E-state index contributed by atoms with van der Waals surface area (Å²) in [7, 11) is 3.46. The Morgan fingerprint density at radius 2 is 2.04 bits per heavy atom. The van der Waals surface area contributed by atoms with E-state index < -0.39 is 11.5 Å². The molecule has 0 aromatic heterocycles. The van der Waals surface area contributed by atoms with Crippen molar-refractivity contribution in [2.75, 3.05) is 20.7 Å². The number of hydrogen-bond donors (Lipinski definition) is 3. The number of carboxylic acid groups (broad SMARTS) is 1. The van der Waals surface area contributed by atoms with Crippen LogP contribution in [0.1, 0.15) is 46.0 Å². The van der Waals surface area contributed by atoms with Gasteiger partial charge in [-0.3, -0.25) is 0 Å². The molecule has 3 N–H and O–H groups in total. The highest BCUT2D eigenvalue weighted by Crippen LogP contribution is 2.19. The van der Waals surface area contributed by atoms with Crippen LogP contribution in [-0.4, -0.2) is 43.3 Å². The van der Waals surface area contributed by atoms with Crippen LogP contribution in [0.5, 0.6) is 0 Å². The maximum absolute atomic E-state index is 10.9. The lowest BCUT2D eigenvalue weighted by Crippen LogP contribution is -2.49. The van der Waals surface area contributed by atoms with Crippen molar-refractivity contribution in [3.05, 3.63) is 36.6 Å². The number of carboxylic acids is 1. The van der Waals surface area contributed by atoms with Crippen molar-refractivity contribution in [1.29, 1.82) is 0 Å². The van der Waals surface area contributed by atoms with Gasteiger partial charge in [0, 0.05) is 25.2 Å². The minimum atomic E-state index is -0.930. The summed E-state index contributed by atoms with van der Waals surface area (Å²) in [5.41, 5.74) is 0.0208. The van der Waals surface area contributed by atoms with E-state index in [1.807, 2.05) is 13.1 Å². The van der Waals surface area contributed by atoms with Crippen LogP contribution in [0.25, 0.3) is 0 Å². The number of allylic oxidation sites excluding steroid dienone is 1. The molecule has 0 aromatic rings. The van der Waals surface area contributed by atoms with Crippen molar-refractivity contribution in [2.45, 2.75) is 51.5 Å². The molecule has 0 amide bonds. The molecule has 0 fully saturated rings. The minimum absolute atomic E-state index is 0.316. The summed E-state index contributed by atoms with van der Waals surface area (Å²) in [5.74, 6) is -0.391. The molecule has 26 heavy (non-hydrogen) atoms. The van der Waals surface area contributed by atoms with Gasteiger partial charge < -0.3 is 20.5 Å². The van der Waals surface area contributed by atoms with Gasteiger partial charge in [-0.15, -0.1) is 0 Å². The average Bonchev–Trinajstić information content (AvgIpc) is 2.64. The first-order valence-corrected chi connectivity index (χ1v) is 9.10. The third kappa shape index (κ3) is 9.42. The molecule has 0 radical (unpaired) electrons. The van der Waals surface area contributed by atoms with E-state index in [1.165, 1.54) is 18.9 Å². The fourth-order valence-electron chi connectivity index (χ4n) is 2.34. The second kappa shape index (κ2) is 13.2. The molecule has 0 saturated heterocycles. The summed E-state index contributed by atoms with van der Waals surface area (Å²) >= 11 is 0. The Morgan fingerprint density at radius 3 is 2.46 bits per heavy atom. The molecular weight excluding hydrogens is 332 g/mol. The van der Waals surface area contributed by atoms with Crippen molar-refractivity contribution in [1.82, 2.24) is 10.6 Å². The van der Waals surface area contributed by atoms with Gasteiger partial charge in [0.15, 0.2) is 0 Å². The van der Waals surface area contributed by atoms with Crippen LogP contribution in [0.3, 0.4) is 0 Å². The molecule has 1 unspecified atom stereocenters. The highest BCUT2D eigenvalue weighted by Gasteiger charge is 2.34. The van der Waals surface area contributed by atoms with Crippen LogP contribution >= 0.6 is 0 Å². The van der Waals surface area contributed by atoms with Gasteiger partial charge in [-0.1, -0.05) is 51.8 Å². The Balaban J connectivity index is 0.000000481. The number of likely N-dealkylation sites (N-methyl/N-ethyl adjacent to an activating group) is 2. The third-order valence-corrected chi connectivity index (χ3v) is 4.14.